The first-order chi connectivity index (χ1) is 8.49. The second kappa shape index (κ2) is 5.09. The molecule has 2 rings (SSSR count). The number of rotatable bonds is 3. The Morgan fingerprint density at radius 1 is 1.33 bits per heavy atom. The summed E-state index contributed by atoms with van der Waals surface area (Å²) in [5, 5.41) is 2.96. The van der Waals surface area contributed by atoms with Gasteiger partial charge in [0.1, 0.15) is 18.1 Å². The third kappa shape index (κ3) is 3.10. The second-order valence-corrected chi connectivity index (χ2v) is 4.04. The first-order valence-corrected chi connectivity index (χ1v) is 5.76. The second-order valence-electron chi connectivity index (χ2n) is 4.04. The first-order valence-electron chi connectivity index (χ1n) is 5.76. The van der Waals surface area contributed by atoms with E-state index in [0.717, 1.165) is 5.56 Å². The summed E-state index contributed by atoms with van der Waals surface area (Å²) in [6.07, 6.45) is -4.86. The van der Waals surface area contributed by atoms with Gasteiger partial charge in [-0.15, -0.1) is 0 Å². The van der Waals surface area contributed by atoms with Gasteiger partial charge >= 0.3 is 6.18 Å². The van der Waals surface area contributed by atoms with Crippen molar-refractivity contribution in [2.24, 2.45) is 0 Å². The van der Waals surface area contributed by atoms with E-state index < -0.39 is 12.6 Å². The van der Waals surface area contributed by atoms with Crippen molar-refractivity contribution in [3.63, 3.8) is 0 Å². The zero-order valence-electron chi connectivity index (χ0n) is 9.97. The minimum atomic E-state index is -4.29. The van der Waals surface area contributed by atoms with Crippen molar-refractivity contribution < 1.29 is 17.9 Å². The van der Waals surface area contributed by atoms with Crippen molar-refractivity contribution in [3.8, 4) is 0 Å². The minimum absolute atomic E-state index is 0.181. The number of fused-ring (bicyclic) bond motifs is 1. The predicted molar refractivity (Wildman–Crippen MR) is 59.3 cm³/mol. The van der Waals surface area contributed by atoms with E-state index >= 15 is 0 Å². The first kappa shape index (κ1) is 13.1. The number of hydrogen-bond donors (Lipinski definition) is 1. The smallest absolute Gasteiger partial charge is 0.376 e. The molecule has 1 aliphatic heterocycles. The zero-order valence-corrected chi connectivity index (χ0v) is 9.97. The Kier molecular flexibility index (Phi) is 3.70. The van der Waals surface area contributed by atoms with Crippen LogP contribution in [-0.4, -0.2) is 29.3 Å². The van der Waals surface area contributed by atoms with Gasteiger partial charge in [-0.1, -0.05) is 0 Å². The monoisotopic (exact) mass is 261 g/mol. The van der Waals surface area contributed by atoms with Crippen LogP contribution in [0.3, 0.4) is 0 Å². The van der Waals surface area contributed by atoms with Gasteiger partial charge in [-0.05, 0) is 6.92 Å². The highest BCUT2D eigenvalue weighted by atomic mass is 19.4. The number of nitrogens with one attached hydrogen (secondary N) is 1. The number of aromatic nitrogens is 2. The molecule has 1 N–H and O–H groups in total. The highest BCUT2D eigenvalue weighted by Gasteiger charge is 2.30. The molecule has 0 saturated heterocycles. The topological polar surface area (TPSA) is 47.0 Å². The van der Waals surface area contributed by atoms with Gasteiger partial charge in [0.05, 0.1) is 18.9 Å². The molecule has 0 aliphatic carbocycles. The Balaban J connectivity index is 2.35. The lowest BCUT2D eigenvalue weighted by Gasteiger charge is -2.20. The molecule has 0 spiro atoms. The van der Waals surface area contributed by atoms with Gasteiger partial charge < -0.3 is 10.1 Å². The maximum absolute atomic E-state index is 12.4. The van der Waals surface area contributed by atoms with E-state index in [1.54, 1.807) is 0 Å². The minimum Gasteiger partial charge on any atom is -0.376 e. The molecule has 0 fully saturated rings. The van der Waals surface area contributed by atoms with E-state index in [4.69, 9.17) is 4.74 Å². The quantitative estimate of drug-likeness (QED) is 0.905. The summed E-state index contributed by atoms with van der Waals surface area (Å²) < 4.78 is 42.4. The standard InChI is InChI=1S/C11H14F3N3O/c1-2-15-10-7-6-18-4-3-8(7)16-9(17-10)5-11(12,13)14/h2-6H2,1H3,(H,15,16,17). The summed E-state index contributed by atoms with van der Waals surface area (Å²) in [6, 6.07) is 0. The number of nitrogens with zero attached hydrogens (tertiary/aromatic N) is 2. The highest BCUT2D eigenvalue weighted by molar-refractivity contribution is 5.47. The van der Waals surface area contributed by atoms with Gasteiger partial charge in [0.2, 0.25) is 0 Å². The number of ether oxygens (including phenoxy) is 1. The Bertz CT molecular complexity index is 434. The van der Waals surface area contributed by atoms with Crippen molar-refractivity contribution >= 4 is 5.82 Å². The van der Waals surface area contributed by atoms with E-state index in [2.05, 4.69) is 15.3 Å². The molecule has 0 bridgehead atoms. The molecular weight excluding hydrogens is 247 g/mol. The van der Waals surface area contributed by atoms with Gasteiger partial charge in [-0.3, -0.25) is 0 Å². The van der Waals surface area contributed by atoms with Gasteiger partial charge in [-0.2, -0.15) is 13.2 Å². The van der Waals surface area contributed by atoms with Crippen LogP contribution in [0.25, 0.3) is 0 Å². The summed E-state index contributed by atoms with van der Waals surface area (Å²) in [5.41, 5.74) is 1.43. The molecule has 100 valence electrons. The van der Waals surface area contributed by atoms with Gasteiger partial charge in [0.25, 0.3) is 0 Å². The fourth-order valence-electron chi connectivity index (χ4n) is 1.86. The SMILES string of the molecule is CCNc1nc(CC(F)(F)F)nc2c1COCC2. The maximum Gasteiger partial charge on any atom is 0.396 e. The van der Waals surface area contributed by atoms with Crippen LogP contribution in [0.1, 0.15) is 24.0 Å². The van der Waals surface area contributed by atoms with Crippen LogP contribution in [-0.2, 0) is 24.2 Å². The third-order valence-corrected chi connectivity index (χ3v) is 2.57. The fraction of sp³-hybridized carbons (Fsp3) is 0.636. The summed E-state index contributed by atoms with van der Waals surface area (Å²) >= 11 is 0. The lowest BCUT2D eigenvalue weighted by atomic mass is 10.1. The molecule has 0 radical (unpaired) electrons. The van der Waals surface area contributed by atoms with Crippen LogP contribution >= 0.6 is 0 Å². The van der Waals surface area contributed by atoms with Crippen LogP contribution < -0.4 is 5.32 Å². The van der Waals surface area contributed by atoms with Crippen LogP contribution in [0.4, 0.5) is 19.0 Å². The Morgan fingerprint density at radius 3 is 2.78 bits per heavy atom. The Labute approximate surface area is 103 Å². The van der Waals surface area contributed by atoms with Crippen molar-refractivity contribution in [3.05, 3.63) is 17.1 Å². The van der Waals surface area contributed by atoms with Crippen molar-refractivity contribution in [1.29, 1.82) is 0 Å². The molecule has 2 heterocycles. The molecule has 0 saturated carbocycles. The zero-order chi connectivity index (χ0) is 13.2. The maximum atomic E-state index is 12.4. The van der Waals surface area contributed by atoms with E-state index in [1.165, 1.54) is 0 Å². The van der Waals surface area contributed by atoms with Crippen LogP contribution in [0, 0.1) is 0 Å². The summed E-state index contributed by atoms with van der Waals surface area (Å²) in [7, 11) is 0. The third-order valence-electron chi connectivity index (χ3n) is 2.57. The number of anilines is 1. The molecule has 0 aromatic carbocycles. The number of halogens is 3. The molecule has 4 nitrogen and oxygen atoms in total. The van der Waals surface area contributed by atoms with Gasteiger partial charge in [0.15, 0.2) is 0 Å². The van der Waals surface area contributed by atoms with Gasteiger partial charge in [-0.25, -0.2) is 9.97 Å². The van der Waals surface area contributed by atoms with Crippen LogP contribution in [0.15, 0.2) is 0 Å². The molecule has 18 heavy (non-hydrogen) atoms. The largest absolute Gasteiger partial charge is 0.396 e. The Hall–Kier alpha value is -1.37. The average molecular weight is 261 g/mol. The molecule has 0 atom stereocenters. The molecule has 0 amide bonds. The van der Waals surface area contributed by atoms with E-state index in [1.807, 2.05) is 6.92 Å². The normalized spacial score (nSPS) is 15.3. The number of hydrogen-bond acceptors (Lipinski definition) is 4. The predicted octanol–water partition coefficient (Wildman–Crippen LogP) is 2.09. The summed E-state index contributed by atoms with van der Waals surface area (Å²) in [6.45, 7) is 3.29. The Morgan fingerprint density at radius 2 is 2.11 bits per heavy atom. The molecule has 0 unspecified atom stereocenters. The lowest BCUT2D eigenvalue weighted by molar-refractivity contribution is -0.128. The van der Waals surface area contributed by atoms with E-state index in [0.29, 0.717) is 37.7 Å². The van der Waals surface area contributed by atoms with Crippen LogP contribution in [0.5, 0.6) is 0 Å². The lowest BCUT2D eigenvalue weighted by Crippen LogP contribution is -2.21. The van der Waals surface area contributed by atoms with E-state index in [9.17, 15) is 13.2 Å². The van der Waals surface area contributed by atoms with Crippen molar-refractivity contribution in [2.45, 2.75) is 32.5 Å². The highest BCUT2D eigenvalue weighted by Crippen LogP contribution is 2.25. The molecule has 1 aromatic heterocycles. The molecule has 7 heteroatoms. The summed E-state index contributed by atoms with van der Waals surface area (Å²) in [5.74, 6) is 0.278. The van der Waals surface area contributed by atoms with Crippen molar-refractivity contribution in [1.82, 2.24) is 9.97 Å². The molecule has 1 aliphatic rings. The molecule has 1 aromatic rings. The number of alkyl halides is 3. The summed E-state index contributed by atoms with van der Waals surface area (Å²) in [4.78, 5) is 7.93. The molecular formula is C11H14F3N3O. The fourth-order valence-corrected chi connectivity index (χ4v) is 1.86. The average Bonchev–Trinajstić information content (AvgIpc) is 2.27. The van der Waals surface area contributed by atoms with E-state index in [-0.39, 0.29) is 5.82 Å². The van der Waals surface area contributed by atoms with Crippen molar-refractivity contribution in [2.75, 3.05) is 18.5 Å². The van der Waals surface area contributed by atoms with Gasteiger partial charge in [0, 0.05) is 18.5 Å². The van der Waals surface area contributed by atoms with Crippen LogP contribution in [0.2, 0.25) is 0 Å².